The van der Waals surface area contributed by atoms with Gasteiger partial charge in [0.25, 0.3) is 11.7 Å². The molecule has 0 aromatic heterocycles. The fourth-order valence-electron chi connectivity index (χ4n) is 2.78. The predicted molar refractivity (Wildman–Crippen MR) is 84.5 cm³/mol. The second kappa shape index (κ2) is 5.53. The zero-order chi connectivity index (χ0) is 15.9. The Balaban J connectivity index is 1.47. The van der Waals surface area contributed by atoms with Crippen LogP contribution in [0.4, 0.5) is 5.69 Å². The van der Waals surface area contributed by atoms with Gasteiger partial charge in [0, 0.05) is 10.6 Å². The smallest absolute Gasteiger partial charge is 0.289 e. The minimum atomic E-state index is -1.36. The van der Waals surface area contributed by atoms with E-state index in [1.807, 2.05) is 24.3 Å². The summed E-state index contributed by atoms with van der Waals surface area (Å²) >= 11 is 5.84. The summed E-state index contributed by atoms with van der Waals surface area (Å²) in [6, 6.07) is 14.4. The lowest BCUT2D eigenvalue weighted by Gasteiger charge is -2.20. The zero-order valence-electron chi connectivity index (χ0n) is 12.1. The van der Waals surface area contributed by atoms with Gasteiger partial charge in [0.1, 0.15) is 18.5 Å². The second-order valence-electron chi connectivity index (χ2n) is 5.43. The van der Waals surface area contributed by atoms with E-state index in [2.05, 4.69) is 5.32 Å². The molecule has 6 heteroatoms. The number of rotatable bonds is 3. The molecule has 4 rings (SSSR count). The third kappa shape index (κ3) is 2.47. The summed E-state index contributed by atoms with van der Waals surface area (Å²) in [5.74, 6) is -0.965. The average molecular weight is 332 g/mol. The van der Waals surface area contributed by atoms with Crippen LogP contribution in [0.2, 0.25) is 5.02 Å². The number of fused-ring (bicyclic) bond motifs is 2. The Morgan fingerprint density at radius 1 is 1.22 bits per heavy atom. The van der Waals surface area contributed by atoms with Crippen molar-refractivity contribution in [2.24, 2.45) is 0 Å². The van der Waals surface area contributed by atoms with Crippen LogP contribution in [0.1, 0.15) is 5.56 Å². The number of carbonyl (C=O) groups is 1. The number of benzene rings is 2. The topological polar surface area (TPSA) is 56.8 Å². The Morgan fingerprint density at radius 2 is 2.00 bits per heavy atom. The minimum Gasteiger partial charge on any atom is -0.491 e. The second-order valence-corrected chi connectivity index (χ2v) is 5.87. The third-order valence-electron chi connectivity index (χ3n) is 3.88. The highest BCUT2D eigenvalue weighted by Crippen LogP contribution is 2.43. The van der Waals surface area contributed by atoms with Crippen molar-refractivity contribution >= 4 is 23.2 Å². The molecule has 0 aliphatic carbocycles. The highest BCUT2D eigenvalue weighted by Gasteiger charge is 2.55. The summed E-state index contributed by atoms with van der Waals surface area (Å²) in [5, 5.41) is 3.44. The molecule has 1 saturated heterocycles. The van der Waals surface area contributed by atoms with Crippen molar-refractivity contribution in [2.45, 2.75) is 11.9 Å². The minimum absolute atomic E-state index is 0.287. The molecule has 2 aromatic rings. The van der Waals surface area contributed by atoms with Crippen LogP contribution in [-0.2, 0) is 20.1 Å². The molecule has 0 saturated carbocycles. The van der Waals surface area contributed by atoms with E-state index in [1.54, 1.807) is 24.3 Å². The highest BCUT2D eigenvalue weighted by molar-refractivity contribution is 6.30. The Hall–Kier alpha value is -2.08. The SMILES string of the molecule is O=C1Nc2ccccc2[C@@]12OCC(COc1ccc(Cl)cc1)O2. The number of amides is 1. The quantitative estimate of drug-likeness (QED) is 0.939. The van der Waals surface area contributed by atoms with Crippen molar-refractivity contribution in [3.05, 3.63) is 59.1 Å². The van der Waals surface area contributed by atoms with Crippen LogP contribution in [0, 0.1) is 0 Å². The van der Waals surface area contributed by atoms with Crippen molar-refractivity contribution in [3.8, 4) is 5.75 Å². The highest BCUT2D eigenvalue weighted by atomic mass is 35.5. The van der Waals surface area contributed by atoms with E-state index in [0.29, 0.717) is 22.9 Å². The number of halogens is 1. The largest absolute Gasteiger partial charge is 0.491 e. The number of para-hydroxylation sites is 1. The van der Waals surface area contributed by atoms with Crippen LogP contribution >= 0.6 is 11.6 Å². The Labute approximate surface area is 138 Å². The molecule has 0 radical (unpaired) electrons. The van der Waals surface area contributed by atoms with Gasteiger partial charge in [0.2, 0.25) is 0 Å². The predicted octanol–water partition coefficient (Wildman–Crippen LogP) is 2.94. The maximum absolute atomic E-state index is 12.3. The molecule has 2 atom stereocenters. The van der Waals surface area contributed by atoms with Crippen molar-refractivity contribution < 1.29 is 19.0 Å². The van der Waals surface area contributed by atoms with Gasteiger partial charge in [-0.3, -0.25) is 4.79 Å². The van der Waals surface area contributed by atoms with E-state index in [4.69, 9.17) is 25.8 Å². The summed E-state index contributed by atoms with van der Waals surface area (Å²) in [5.41, 5.74) is 1.43. The summed E-state index contributed by atoms with van der Waals surface area (Å²) < 4.78 is 17.3. The summed E-state index contributed by atoms with van der Waals surface area (Å²) in [7, 11) is 0. The first kappa shape index (κ1) is 14.5. The van der Waals surface area contributed by atoms with Gasteiger partial charge >= 0.3 is 0 Å². The van der Waals surface area contributed by atoms with Crippen LogP contribution in [0.5, 0.6) is 5.75 Å². The third-order valence-corrected chi connectivity index (χ3v) is 4.14. The Kier molecular flexibility index (Phi) is 3.49. The molecule has 1 spiro atoms. The van der Waals surface area contributed by atoms with Gasteiger partial charge in [0.15, 0.2) is 0 Å². The molecule has 1 amide bonds. The summed E-state index contributed by atoms with van der Waals surface area (Å²) in [4.78, 5) is 12.3. The van der Waals surface area contributed by atoms with Gasteiger partial charge in [-0.05, 0) is 30.3 Å². The monoisotopic (exact) mass is 331 g/mol. The van der Waals surface area contributed by atoms with Crippen LogP contribution < -0.4 is 10.1 Å². The number of hydrogen-bond acceptors (Lipinski definition) is 4. The van der Waals surface area contributed by atoms with E-state index in [9.17, 15) is 4.79 Å². The van der Waals surface area contributed by atoms with Crippen LogP contribution in [-0.4, -0.2) is 25.2 Å². The lowest BCUT2D eigenvalue weighted by atomic mass is 10.1. The van der Waals surface area contributed by atoms with Gasteiger partial charge in [0.05, 0.1) is 12.3 Å². The number of nitrogens with one attached hydrogen (secondary N) is 1. The first-order chi connectivity index (χ1) is 11.2. The Bertz CT molecular complexity index is 749. The van der Waals surface area contributed by atoms with Crippen LogP contribution in [0.15, 0.2) is 48.5 Å². The van der Waals surface area contributed by atoms with E-state index in [1.165, 1.54) is 0 Å². The van der Waals surface area contributed by atoms with E-state index >= 15 is 0 Å². The molecule has 1 N–H and O–H groups in total. The number of ether oxygens (including phenoxy) is 3. The van der Waals surface area contributed by atoms with Crippen molar-refractivity contribution in [1.29, 1.82) is 0 Å². The molecule has 2 aliphatic rings. The van der Waals surface area contributed by atoms with Gasteiger partial charge in [-0.25, -0.2) is 0 Å². The first-order valence-electron chi connectivity index (χ1n) is 7.28. The van der Waals surface area contributed by atoms with Gasteiger partial charge < -0.3 is 19.5 Å². The lowest BCUT2D eigenvalue weighted by Crippen LogP contribution is -2.36. The van der Waals surface area contributed by atoms with Crippen molar-refractivity contribution in [3.63, 3.8) is 0 Å². The fourth-order valence-corrected chi connectivity index (χ4v) is 2.91. The molecule has 118 valence electrons. The number of anilines is 1. The van der Waals surface area contributed by atoms with E-state index < -0.39 is 5.79 Å². The molecule has 1 unspecified atom stereocenters. The normalized spacial score (nSPS) is 25.4. The average Bonchev–Trinajstić information content (AvgIpc) is 3.11. The molecule has 5 nitrogen and oxygen atoms in total. The lowest BCUT2D eigenvalue weighted by molar-refractivity contribution is -0.185. The molecular weight excluding hydrogens is 318 g/mol. The molecule has 2 aromatic carbocycles. The van der Waals surface area contributed by atoms with E-state index in [-0.39, 0.29) is 18.6 Å². The Morgan fingerprint density at radius 3 is 2.83 bits per heavy atom. The first-order valence-corrected chi connectivity index (χ1v) is 7.66. The number of hydrogen-bond donors (Lipinski definition) is 1. The molecule has 23 heavy (non-hydrogen) atoms. The zero-order valence-corrected chi connectivity index (χ0v) is 12.9. The molecule has 2 heterocycles. The maximum Gasteiger partial charge on any atom is 0.289 e. The van der Waals surface area contributed by atoms with Crippen LogP contribution in [0.25, 0.3) is 0 Å². The molecular formula is C17H14ClNO4. The standard InChI is InChI=1S/C17H14ClNO4/c18-11-5-7-12(8-6-11)21-9-13-10-22-17(23-13)14-3-1-2-4-15(14)19-16(17)20/h1-8,13H,9-10H2,(H,19,20)/t13?,17-/m0/s1. The van der Waals surface area contributed by atoms with Crippen molar-refractivity contribution in [2.75, 3.05) is 18.5 Å². The van der Waals surface area contributed by atoms with Gasteiger partial charge in [-0.1, -0.05) is 29.8 Å². The molecule has 0 bridgehead atoms. The fraction of sp³-hybridized carbons (Fsp3) is 0.235. The van der Waals surface area contributed by atoms with Gasteiger partial charge in [-0.15, -0.1) is 0 Å². The van der Waals surface area contributed by atoms with Gasteiger partial charge in [-0.2, -0.15) is 0 Å². The maximum atomic E-state index is 12.3. The number of carbonyl (C=O) groups excluding carboxylic acids is 1. The van der Waals surface area contributed by atoms with Crippen LogP contribution in [0.3, 0.4) is 0 Å². The molecule has 2 aliphatic heterocycles. The summed E-state index contributed by atoms with van der Waals surface area (Å²) in [6.45, 7) is 0.578. The molecule has 1 fully saturated rings. The van der Waals surface area contributed by atoms with Crippen molar-refractivity contribution in [1.82, 2.24) is 0 Å². The van der Waals surface area contributed by atoms with E-state index in [0.717, 1.165) is 5.69 Å². The summed E-state index contributed by atoms with van der Waals surface area (Å²) in [6.07, 6.45) is -0.331.